The third-order valence-electron chi connectivity index (χ3n) is 3.01. The Balaban J connectivity index is 0.00000106. The highest BCUT2D eigenvalue weighted by Crippen LogP contribution is 2.24. The van der Waals surface area contributed by atoms with Crippen LogP contribution in [0.1, 0.15) is 31.9 Å². The van der Waals surface area contributed by atoms with E-state index in [9.17, 15) is 4.39 Å². The van der Waals surface area contributed by atoms with Gasteiger partial charge in [0.05, 0.1) is 0 Å². The van der Waals surface area contributed by atoms with E-state index in [0.29, 0.717) is 6.61 Å². The predicted molar refractivity (Wildman–Crippen MR) is 87.7 cm³/mol. The van der Waals surface area contributed by atoms with E-state index in [-0.39, 0.29) is 11.2 Å². The second kappa shape index (κ2) is 8.04. The molecule has 0 amide bonds. The minimum atomic E-state index is -0.232. The van der Waals surface area contributed by atoms with Crippen LogP contribution in [0.15, 0.2) is 48.5 Å². The molecule has 2 aromatic rings. The summed E-state index contributed by atoms with van der Waals surface area (Å²) < 4.78 is 18.7. The summed E-state index contributed by atoms with van der Waals surface area (Å²) in [6.07, 6.45) is 1.47. The van der Waals surface area contributed by atoms with Crippen LogP contribution in [-0.4, -0.2) is 6.38 Å². The molecule has 0 spiro atoms. The number of hydrogen-bond donors (Lipinski definition) is 0. The molecule has 0 unspecified atom stereocenters. The van der Waals surface area contributed by atoms with E-state index in [1.54, 1.807) is 6.07 Å². The summed E-state index contributed by atoms with van der Waals surface area (Å²) in [7, 11) is 0. The van der Waals surface area contributed by atoms with Gasteiger partial charge in [0.25, 0.3) is 0 Å². The number of hydrogen-bond acceptors (Lipinski definition) is 1. The Morgan fingerprint density at radius 2 is 1.62 bits per heavy atom. The predicted octanol–water partition coefficient (Wildman–Crippen LogP) is 5.56. The molecule has 0 aliphatic carbocycles. The van der Waals surface area contributed by atoms with Crippen molar-refractivity contribution in [3.05, 3.63) is 65.5 Å². The van der Waals surface area contributed by atoms with Crippen LogP contribution in [0.25, 0.3) is 0 Å². The van der Waals surface area contributed by atoms with Gasteiger partial charge in [-0.3, -0.25) is 0 Å². The molecule has 1 nitrogen and oxygen atoms in total. The second-order valence-electron chi connectivity index (χ2n) is 5.69. The summed E-state index contributed by atoms with van der Waals surface area (Å²) in [6, 6.07) is 14.5. The van der Waals surface area contributed by atoms with Gasteiger partial charge in [-0.05, 0) is 40.8 Å². The van der Waals surface area contributed by atoms with Crippen LogP contribution in [0.5, 0.6) is 5.75 Å². The van der Waals surface area contributed by atoms with E-state index in [0.717, 1.165) is 11.3 Å². The molecule has 0 atom stereocenters. The van der Waals surface area contributed by atoms with Crippen LogP contribution < -0.4 is 4.74 Å². The molecule has 0 heterocycles. The van der Waals surface area contributed by atoms with Crippen molar-refractivity contribution < 1.29 is 9.13 Å². The van der Waals surface area contributed by atoms with Gasteiger partial charge < -0.3 is 4.74 Å². The van der Waals surface area contributed by atoms with Crippen molar-refractivity contribution in [3.63, 3.8) is 0 Å². The summed E-state index contributed by atoms with van der Waals surface area (Å²) >= 11 is 4.64. The van der Waals surface area contributed by atoms with Crippen LogP contribution in [0.4, 0.5) is 4.39 Å². The van der Waals surface area contributed by atoms with Crippen molar-refractivity contribution in [1.82, 2.24) is 0 Å². The highest BCUT2D eigenvalue weighted by Gasteiger charge is 2.12. The minimum absolute atomic E-state index is 0.140. The van der Waals surface area contributed by atoms with Crippen molar-refractivity contribution in [2.24, 2.45) is 0 Å². The molecule has 0 aromatic heterocycles. The van der Waals surface area contributed by atoms with Crippen LogP contribution in [0.2, 0.25) is 0 Å². The SMILES string of the molecule is CC(C)(C)c1ccc(OCc2cccc(F)c2)cc1.CCl. The zero-order valence-electron chi connectivity index (χ0n) is 13.0. The normalized spacial score (nSPS) is 10.6. The Morgan fingerprint density at radius 1 is 1.00 bits per heavy atom. The van der Waals surface area contributed by atoms with E-state index in [4.69, 9.17) is 4.74 Å². The van der Waals surface area contributed by atoms with Gasteiger partial charge in [-0.2, -0.15) is 0 Å². The van der Waals surface area contributed by atoms with Gasteiger partial charge in [-0.15, -0.1) is 11.6 Å². The summed E-state index contributed by atoms with van der Waals surface area (Å²) in [4.78, 5) is 0. The van der Waals surface area contributed by atoms with E-state index in [1.165, 1.54) is 24.1 Å². The van der Waals surface area contributed by atoms with Crippen molar-refractivity contribution in [1.29, 1.82) is 0 Å². The molecule has 0 saturated heterocycles. The highest BCUT2D eigenvalue weighted by atomic mass is 35.5. The summed E-state index contributed by atoms with van der Waals surface area (Å²) in [5.74, 6) is 0.571. The Labute approximate surface area is 131 Å². The average Bonchev–Trinajstić information content (AvgIpc) is 2.47. The first kappa shape index (κ1) is 17.5. The maximum atomic E-state index is 13.0. The summed E-state index contributed by atoms with van der Waals surface area (Å²) in [6.45, 7) is 6.91. The Kier molecular flexibility index (Phi) is 6.70. The maximum Gasteiger partial charge on any atom is 0.123 e. The Hall–Kier alpha value is -1.54. The van der Waals surface area contributed by atoms with E-state index in [1.807, 2.05) is 18.2 Å². The molecular formula is C18H22ClFO. The van der Waals surface area contributed by atoms with Crippen LogP contribution >= 0.6 is 11.6 Å². The van der Waals surface area contributed by atoms with Gasteiger partial charge in [-0.1, -0.05) is 45.0 Å². The third kappa shape index (κ3) is 5.76. The molecule has 2 aromatic carbocycles. The topological polar surface area (TPSA) is 9.23 Å². The monoisotopic (exact) mass is 308 g/mol. The van der Waals surface area contributed by atoms with Crippen molar-refractivity contribution >= 4 is 11.6 Å². The van der Waals surface area contributed by atoms with Crippen LogP contribution in [0.3, 0.4) is 0 Å². The molecule has 0 N–H and O–H groups in total. The molecule has 2 rings (SSSR count). The molecular weight excluding hydrogens is 287 g/mol. The first-order valence-corrected chi connectivity index (χ1v) is 7.56. The zero-order valence-corrected chi connectivity index (χ0v) is 13.7. The molecule has 0 bridgehead atoms. The number of rotatable bonds is 3. The lowest BCUT2D eigenvalue weighted by atomic mass is 9.87. The van der Waals surface area contributed by atoms with Crippen LogP contribution in [-0.2, 0) is 12.0 Å². The van der Waals surface area contributed by atoms with Gasteiger partial charge in [0, 0.05) is 6.38 Å². The first-order valence-electron chi connectivity index (χ1n) is 6.81. The van der Waals surface area contributed by atoms with Gasteiger partial charge >= 0.3 is 0 Å². The van der Waals surface area contributed by atoms with Crippen LogP contribution in [0, 0.1) is 5.82 Å². The second-order valence-corrected chi connectivity index (χ2v) is 5.69. The molecule has 0 aliphatic heterocycles. The fraction of sp³-hybridized carbons (Fsp3) is 0.333. The van der Waals surface area contributed by atoms with Gasteiger partial charge in [0.2, 0.25) is 0 Å². The molecule has 0 aliphatic rings. The fourth-order valence-electron chi connectivity index (χ4n) is 1.84. The largest absolute Gasteiger partial charge is 0.489 e. The third-order valence-corrected chi connectivity index (χ3v) is 3.01. The van der Waals surface area contributed by atoms with Gasteiger partial charge in [0.15, 0.2) is 0 Å². The fourth-order valence-corrected chi connectivity index (χ4v) is 1.84. The van der Waals surface area contributed by atoms with Gasteiger partial charge in [0.1, 0.15) is 18.2 Å². The maximum absolute atomic E-state index is 13.0. The van der Waals surface area contributed by atoms with Crippen molar-refractivity contribution in [2.75, 3.05) is 6.38 Å². The zero-order chi connectivity index (χ0) is 15.9. The van der Waals surface area contributed by atoms with Crippen molar-refractivity contribution in [3.8, 4) is 5.75 Å². The number of halogens is 2. The summed E-state index contributed by atoms with van der Waals surface area (Å²) in [5.41, 5.74) is 2.24. The van der Waals surface area contributed by atoms with Crippen molar-refractivity contribution in [2.45, 2.75) is 32.8 Å². The number of ether oxygens (including phenoxy) is 1. The molecule has 0 saturated carbocycles. The van der Waals surface area contributed by atoms with E-state index < -0.39 is 0 Å². The molecule has 114 valence electrons. The molecule has 0 radical (unpaired) electrons. The number of benzene rings is 2. The van der Waals surface area contributed by atoms with Gasteiger partial charge in [-0.25, -0.2) is 4.39 Å². The minimum Gasteiger partial charge on any atom is -0.489 e. The lowest BCUT2D eigenvalue weighted by molar-refractivity contribution is 0.305. The first-order chi connectivity index (χ1) is 9.95. The average molecular weight is 309 g/mol. The lowest BCUT2D eigenvalue weighted by Crippen LogP contribution is -2.10. The smallest absolute Gasteiger partial charge is 0.123 e. The Bertz CT molecular complexity index is 544. The van der Waals surface area contributed by atoms with E-state index >= 15 is 0 Å². The number of alkyl halides is 1. The highest BCUT2D eigenvalue weighted by molar-refractivity contribution is 6.15. The molecule has 3 heteroatoms. The summed E-state index contributed by atoms with van der Waals surface area (Å²) in [5, 5.41) is 0. The Morgan fingerprint density at radius 3 is 2.14 bits per heavy atom. The molecule has 21 heavy (non-hydrogen) atoms. The molecule has 0 fully saturated rings. The quantitative estimate of drug-likeness (QED) is 0.675. The standard InChI is InChI=1S/C17H19FO.CH3Cl/c1-17(2,3)14-7-9-16(10-8-14)19-12-13-5-4-6-15(18)11-13;1-2/h4-11H,12H2,1-3H3;1H3. The van der Waals surface area contributed by atoms with E-state index in [2.05, 4.69) is 44.5 Å². The lowest BCUT2D eigenvalue weighted by Gasteiger charge is -2.19.